The van der Waals surface area contributed by atoms with E-state index >= 15 is 0 Å². The second kappa shape index (κ2) is 3.94. The van der Waals surface area contributed by atoms with Crippen molar-refractivity contribution < 1.29 is 9.15 Å². The first-order valence-corrected chi connectivity index (χ1v) is 4.38. The summed E-state index contributed by atoms with van der Waals surface area (Å²) in [5, 5.41) is 0. The van der Waals surface area contributed by atoms with Crippen molar-refractivity contribution in [2.75, 3.05) is 13.7 Å². The van der Waals surface area contributed by atoms with Gasteiger partial charge in [-0.2, -0.15) is 0 Å². The molecule has 3 heteroatoms. The Morgan fingerprint density at radius 2 is 2.15 bits per heavy atom. The summed E-state index contributed by atoms with van der Waals surface area (Å²) in [5.41, 5.74) is 5.54. The zero-order valence-corrected chi connectivity index (χ0v) is 8.46. The molecule has 0 aliphatic rings. The molecule has 1 aromatic rings. The van der Waals surface area contributed by atoms with Gasteiger partial charge in [-0.1, -0.05) is 13.8 Å². The SMILES string of the molecule is COCc1ccc(C(C)(C)CN)o1. The van der Waals surface area contributed by atoms with Crippen molar-refractivity contribution in [3.05, 3.63) is 23.7 Å². The molecule has 0 saturated heterocycles. The van der Waals surface area contributed by atoms with Gasteiger partial charge >= 0.3 is 0 Å². The highest BCUT2D eigenvalue weighted by molar-refractivity contribution is 5.15. The average Bonchev–Trinajstić information content (AvgIpc) is 2.54. The fraction of sp³-hybridized carbons (Fsp3) is 0.600. The van der Waals surface area contributed by atoms with Crippen LogP contribution in [0.4, 0.5) is 0 Å². The second-order valence-corrected chi connectivity index (χ2v) is 3.79. The van der Waals surface area contributed by atoms with Crippen LogP contribution in [0.1, 0.15) is 25.4 Å². The molecule has 2 N–H and O–H groups in total. The van der Waals surface area contributed by atoms with Crippen LogP contribution in [0, 0.1) is 0 Å². The molecule has 0 bridgehead atoms. The summed E-state index contributed by atoms with van der Waals surface area (Å²) in [6.07, 6.45) is 0. The van der Waals surface area contributed by atoms with E-state index in [-0.39, 0.29) is 5.41 Å². The van der Waals surface area contributed by atoms with E-state index in [1.807, 2.05) is 12.1 Å². The summed E-state index contributed by atoms with van der Waals surface area (Å²) in [7, 11) is 1.65. The Labute approximate surface area is 78.9 Å². The molecule has 1 aromatic heterocycles. The molecule has 0 aromatic carbocycles. The topological polar surface area (TPSA) is 48.4 Å². The Bertz CT molecular complexity index is 266. The van der Waals surface area contributed by atoms with Crippen LogP contribution in [0.25, 0.3) is 0 Å². The molecule has 0 saturated carbocycles. The first kappa shape index (κ1) is 10.3. The summed E-state index contributed by atoms with van der Waals surface area (Å²) in [6, 6.07) is 3.89. The molecular weight excluding hydrogens is 166 g/mol. The third kappa shape index (κ3) is 2.32. The number of nitrogens with two attached hydrogens (primary N) is 1. The van der Waals surface area contributed by atoms with Crippen molar-refractivity contribution in [1.29, 1.82) is 0 Å². The minimum atomic E-state index is -0.0913. The van der Waals surface area contributed by atoms with Crippen LogP contribution < -0.4 is 5.73 Å². The van der Waals surface area contributed by atoms with E-state index in [0.29, 0.717) is 13.2 Å². The molecule has 0 radical (unpaired) electrons. The Kier molecular flexibility index (Phi) is 3.12. The third-order valence-corrected chi connectivity index (χ3v) is 2.13. The average molecular weight is 183 g/mol. The van der Waals surface area contributed by atoms with Crippen LogP contribution in [0.15, 0.2) is 16.5 Å². The van der Waals surface area contributed by atoms with Gasteiger partial charge in [-0.15, -0.1) is 0 Å². The van der Waals surface area contributed by atoms with Gasteiger partial charge < -0.3 is 14.9 Å². The Balaban J connectivity index is 2.79. The van der Waals surface area contributed by atoms with Gasteiger partial charge in [-0.3, -0.25) is 0 Å². The highest BCUT2D eigenvalue weighted by atomic mass is 16.5. The van der Waals surface area contributed by atoms with Gasteiger partial charge in [-0.05, 0) is 12.1 Å². The molecule has 74 valence electrons. The smallest absolute Gasteiger partial charge is 0.129 e. The Hall–Kier alpha value is -0.800. The molecule has 0 unspecified atom stereocenters. The lowest BCUT2D eigenvalue weighted by atomic mass is 9.91. The van der Waals surface area contributed by atoms with Gasteiger partial charge in [0.05, 0.1) is 0 Å². The lowest BCUT2D eigenvalue weighted by molar-refractivity contribution is 0.160. The molecule has 0 spiro atoms. The van der Waals surface area contributed by atoms with Crippen LogP contribution in [-0.4, -0.2) is 13.7 Å². The number of rotatable bonds is 4. The molecule has 0 aliphatic carbocycles. The first-order valence-electron chi connectivity index (χ1n) is 4.38. The van der Waals surface area contributed by atoms with Crippen LogP contribution in [0.5, 0.6) is 0 Å². The highest BCUT2D eigenvalue weighted by Crippen LogP contribution is 2.24. The van der Waals surface area contributed by atoms with Crippen LogP contribution >= 0.6 is 0 Å². The summed E-state index contributed by atoms with van der Waals surface area (Å²) in [4.78, 5) is 0. The maximum Gasteiger partial charge on any atom is 0.129 e. The fourth-order valence-electron chi connectivity index (χ4n) is 1.06. The standard InChI is InChI=1S/C10H17NO2/c1-10(2,7-11)9-5-4-8(13-9)6-12-3/h4-5H,6-7,11H2,1-3H3. The predicted octanol–water partition coefficient (Wildman–Crippen LogP) is 1.66. The first-order chi connectivity index (χ1) is 6.10. The Morgan fingerprint density at radius 3 is 2.69 bits per heavy atom. The zero-order chi connectivity index (χ0) is 9.90. The lowest BCUT2D eigenvalue weighted by Gasteiger charge is -2.18. The van der Waals surface area contributed by atoms with E-state index in [9.17, 15) is 0 Å². The molecule has 0 fully saturated rings. The maximum atomic E-state index is 5.63. The molecule has 0 atom stereocenters. The molecular formula is C10H17NO2. The number of hydrogen-bond donors (Lipinski definition) is 1. The molecule has 13 heavy (non-hydrogen) atoms. The van der Waals surface area contributed by atoms with E-state index in [0.717, 1.165) is 11.5 Å². The largest absolute Gasteiger partial charge is 0.463 e. The highest BCUT2D eigenvalue weighted by Gasteiger charge is 2.22. The lowest BCUT2D eigenvalue weighted by Crippen LogP contribution is -2.27. The van der Waals surface area contributed by atoms with Gasteiger partial charge in [0.15, 0.2) is 0 Å². The van der Waals surface area contributed by atoms with E-state index in [1.54, 1.807) is 7.11 Å². The summed E-state index contributed by atoms with van der Waals surface area (Å²) in [6.45, 7) is 5.21. The van der Waals surface area contributed by atoms with Crippen molar-refractivity contribution in [2.24, 2.45) is 5.73 Å². The predicted molar refractivity (Wildman–Crippen MR) is 51.5 cm³/mol. The number of methoxy groups -OCH3 is 1. The van der Waals surface area contributed by atoms with Gasteiger partial charge in [0, 0.05) is 19.1 Å². The molecule has 0 aliphatic heterocycles. The molecule has 3 nitrogen and oxygen atoms in total. The number of furan rings is 1. The quantitative estimate of drug-likeness (QED) is 0.772. The normalized spacial score (nSPS) is 12.0. The summed E-state index contributed by atoms with van der Waals surface area (Å²) < 4.78 is 10.5. The Morgan fingerprint density at radius 1 is 1.46 bits per heavy atom. The van der Waals surface area contributed by atoms with E-state index in [2.05, 4.69) is 13.8 Å². The maximum absolute atomic E-state index is 5.63. The number of hydrogen-bond acceptors (Lipinski definition) is 3. The van der Waals surface area contributed by atoms with Crippen molar-refractivity contribution in [1.82, 2.24) is 0 Å². The van der Waals surface area contributed by atoms with E-state index < -0.39 is 0 Å². The minimum Gasteiger partial charge on any atom is -0.463 e. The van der Waals surface area contributed by atoms with Crippen molar-refractivity contribution >= 4 is 0 Å². The van der Waals surface area contributed by atoms with E-state index in [4.69, 9.17) is 14.9 Å². The number of ether oxygens (including phenoxy) is 1. The monoisotopic (exact) mass is 183 g/mol. The molecule has 0 amide bonds. The van der Waals surface area contributed by atoms with Gasteiger partial charge in [0.2, 0.25) is 0 Å². The molecule has 1 rings (SSSR count). The van der Waals surface area contributed by atoms with Gasteiger partial charge in [-0.25, -0.2) is 0 Å². The van der Waals surface area contributed by atoms with Crippen LogP contribution in [0.2, 0.25) is 0 Å². The van der Waals surface area contributed by atoms with Crippen LogP contribution in [0.3, 0.4) is 0 Å². The minimum absolute atomic E-state index is 0.0913. The van der Waals surface area contributed by atoms with E-state index in [1.165, 1.54) is 0 Å². The van der Waals surface area contributed by atoms with Crippen molar-refractivity contribution in [2.45, 2.75) is 25.9 Å². The van der Waals surface area contributed by atoms with Gasteiger partial charge in [0.25, 0.3) is 0 Å². The zero-order valence-electron chi connectivity index (χ0n) is 8.46. The molecule has 1 heterocycles. The summed E-state index contributed by atoms with van der Waals surface area (Å²) >= 11 is 0. The van der Waals surface area contributed by atoms with Crippen molar-refractivity contribution in [3.8, 4) is 0 Å². The van der Waals surface area contributed by atoms with Crippen LogP contribution in [-0.2, 0) is 16.8 Å². The fourth-order valence-corrected chi connectivity index (χ4v) is 1.06. The van der Waals surface area contributed by atoms with Gasteiger partial charge in [0.1, 0.15) is 18.1 Å². The second-order valence-electron chi connectivity index (χ2n) is 3.79. The summed E-state index contributed by atoms with van der Waals surface area (Å²) in [5.74, 6) is 1.76. The third-order valence-electron chi connectivity index (χ3n) is 2.13. The van der Waals surface area contributed by atoms with Crippen molar-refractivity contribution in [3.63, 3.8) is 0 Å².